The number of hydrogen-bond donors (Lipinski definition) is 1. The molecule has 3 aromatic rings. The molecule has 5 nitrogen and oxygen atoms in total. The highest BCUT2D eigenvalue weighted by atomic mass is 32.1. The van der Waals surface area contributed by atoms with E-state index in [1.165, 1.54) is 22.4 Å². The maximum absolute atomic E-state index is 12.7. The van der Waals surface area contributed by atoms with E-state index in [4.69, 9.17) is 4.98 Å². The van der Waals surface area contributed by atoms with E-state index < -0.39 is 0 Å². The van der Waals surface area contributed by atoms with Gasteiger partial charge in [-0.1, -0.05) is 30.3 Å². The monoisotopic (exact) mass is 394 g/mol. The van der Waals surface area contributed by atoms with Crippen molar-refractivity contribution in [3.63, 3.8) is 0 Å². The molecule has 0 radical (unpaired) electrons. The average Bonchev–Trinajstić information content (AvgIpc) is 3.20. The molecule has 2 aromatic heterocycles. The largest absolute Gasteiger partial charge is 0.309 e. The van der Waals surface area contributed by atoms with E-state index in [0.717, 1.165) is 74.6 Å². The molecule has 2 aliphatic rings. The molecule has 0 bridgehead atoms. The van der Waals surface area contributed by atoms with Gasteiger partial charge in [-0.3, -0.25) is 14.6 Å². The van der Waals surface area contributed by atoms with E-state index in [9.17, 15) is 4.79 Å². The van der Waals surface area contributed by atoms with Crippen molar-refractivity contribution >= 4 is 21.6 Å². The number of fused-ring (bicyclic) bond motifs is 3. The number of hydrogen-bond acceptors (Lipinski definition) is 5. The topological polar surface area (TPSA) is 52.2 Å². The number of rotatable bonds is 4. The lowest BCUT2D eigenvalue weighted by molar-refractivity contribution is 0.244. The minimum absolute atomic E-state index is 0.0555. The normalized spacial score (nSPS) is 18.4. The third kappa shape index (κ3) is 3.64. The lowest BCUT2D eigenvalue weighted by Gasteiger charge is -2.21. The van der Waals surface area contributed by atoms with Crippen molar-refractivity contribution in [2.24, 2.45) is 0 Å². The van der Waals surface area contributed by atoms with E-state index in [1.54, 1.807) is 11.3 Å². The number of nitrogens with zero attached hydrogens (tertiary/aromatic N) is 3. The lowest BCUT2D eigenvalue weighted by atomic mass is 10.2. The van der Waals surface area contributed by atoms with Crippen molar-refractivity contribution in [2.45, 2.75) is 38.8 Å². The fraction of sp³-hybridized carbons (Fsp3) is 0.455. The highest BCUT2D eigenvalue weighted by molar-refractivity contribution is 7.18. The van der Waals surface area contributed by atoms with Crippen molar-refractivity contribution in [2.75, 3.05) is 26.2 Å². The van der Waals surface area contributed by atoms with Gasteiger partial charge in [0.05, 0.1) is 11.9 Å². The Morgan fingerprint density at radius 1 is 0.964 bits per heavy atom. The molecule has 3 heterocycles. The third-order valence-electron chi connectivity index (χ3n) is 5.93. The van der Waals surface area contributed by atoms with Crippen LogP contribution in [0.5, 0.6) is 0 Å². The third-order valence-corrected chi connectivity index (χ3v) is 7.11. The van der Waals surface area contributed by atoms with Crippen LogP contribution in [-0.4, -0.2) is 45.9 Å². The fourth-order valence-corrected chi connectivity index (χ4v) is 5.80. The second kappa shape index (κ2) is 7.78. The number of aromatic amines is 1. The first kappa shape index (κ1) is 18.0. The minimum Gasteiger partial charge on any atom is -0.309 e. The minimum atomic E-state index is 0.0555. The van der Waals surface area contributed by atoms with Crippen LogP contribution < -0.4 is 5.56 Å². The molecule has 1 aliphatic heterocycles. The first-order valence-corrected chi connectivity index (χ1v) is 11.1. The standard InChI is InChI=1S/C22H26N4OS/c27-21-20-17-8-4-9-18(17)28-22(20)24-19(23-21)15-26-11-5-10-25(12-13-26)14-16-6-2-1-3-7-16/h1-3,6-7H,4-5,8-15H2,(H,23,24,27). The summed E-state index contributed by atoms with van der Waals surface area (Å²) in [5.41, 5.74) is 2.68. The van der Waals surface area contributed by atoms with Gasteiger partial charge in [-0.2, -0.15) is 0 Å². The molecule has 1 aliphatic carbocycles. The smallest absolute Gasteiger partial charge is 0.259 e. The molecule has 1 fully saturated rings. The van der Waals surface area contributed by atoms with Crippen molar-refractivity contribution < 1.29 is 0 Å². The molecule has 0 spiro atoms. The number of H-pyrrole nitrogens is 1. The Kier molecular flexibility index (Phi) is 5.01. The Bertz CT molecular complexity index is 1030. The Balaban J connectivity index is 1.27. The van der Waals surface area contributed by atoms with Crippen LogP contribution in [0.1, 0.15) is 34.7 Å². The second-order valence-electron chi connectivity index (χ2n) is 7.94. The zero-order valence-electron chi connectivity index (χ0n) is 16.1. The second-order valence-corrected chi connectivity index (χ2v) is 9.03. The van der Waals surface area contributed by atoms with Crippen LogP contribution in [0.25, 0.3) is 10.2 Å². The van der Waals surface area contributed by atoms with Crippen LogP contribution in [0, 0.1) is 0 Å². The molecule has 1 N–H and O–H groups in total. The summed E-state index contributed by atoms with van der Waals surface area (Å²) in [6, 6.07) is 10.7. The number of aryl methyl sites for hydroxylation is 2. The molecule has 0 unspecified atom stereocenters. The van der Waals surface area contributed by atoms with Crippen molar-refractivity contribution in [1.29, 1.82) is 0 Å². The van der Waals surface area contributed by atoms with E-state index >= 15 is 0 Å². The van der Waals surface area contributed by atoms with E-state index in [1.807, 2.05) is 0 Å². The molecule has 6 heteroatoms. The van der Waals surface area contributed by atoms with Crippen LogP contribution in [-0.2, 0) is 25.9 Å². The average molecular weight is 395 g/mol. The predicted molar refractivity (Wildman–Crippen MR) is 114 cm³/mol. The Hall–Kier alpha value is -2.02. The van der Waals surface area contributed by atoms with Gasteiger partial charge in [-0.05, 0) is 49.9 Å². The number of thiophene rings is 1. The zero-order valence-corrected chi connectivity index (χ0v) is 16.9. The number of nitrogens with one attached hydrogen (secondary N) is 1. The predicted octanol–water partition coefficient (Wildman–Crippen LogP) is 3.18. The van der Waals surface area contributed by atoms with E-state index in [2.05, 4.69) is 45.1 Å². The van der Waals surface area contributed by atoms with Crippen LogP contribution in [0.2, 0.25) is 0 Å². The van der Waals surface area contributed by atoms with Crippen LogP contribution in [0.15, 0.2) is 35.1 Å². The first-order chi connectivity index (χ1) is 13.8. The fourth-order valence-electron chi connectivity index (χ4n) is 4.52. The van der Waals surface area contributed by atoms with Gasteiger partial charge in [0.2, 0.25) is 0 Å². The first-order valence-electron chi connectivity index (χ1n) is 10.3. The molecular weight excluding hydrogens is 368 g/mol. The summed E-state index contributed by atoms with van der Waals surface area (Å²) in [5.74, 6) is 0.814. The Morgan fingerprint density at radius 2 is 1.75 bits per heavy atom. The summed E-state index contributed by atoms with van der Waals surface area (Å²) in [6.45, 7) is 5.97. The number of aromatic nitrogens is 2. The molecule has 28 heavy (non-hydrogen) atoms. The summed E-state index contributed by atoms with van der Waals surface area (Å²) in [7, 11) is 0. The molecule has 0 saturated carbocycles. The maximum Gasteiger partial charge on any atom is 0.259 e. The quantitative estimate of drug-likeness (QED) is 0.738. The van der Waals surface area contributed by atoms with Crippen molar-refractivity contribution in [3.05, 3.63) is 62.5 Å². The summed E-state index contributed by atoms with van der Waals surface area (Å²) in [5, 5.41) is 0.853. The maximum atomic E-state index is 12.7. The zero-order chi connectivity index (χ0) is 18.9. The molecular formula is C22H26N4OS. The number of benzene rings is 1. The molecule has 146 valence electrons. The molecule has 5 rings (SSSR count). The van der Waals surface area contributed by atoms with Gasteiger partial charge in [-0.15, -0.1) is 11.3 Å². The highest BCUT2D eigenvalue weighted by Crippen LogP contribution is 2.34. The summed E-state index contributed by atoms with van der Waals surface area (Å²) in [6.07, 6.45) is 4.45. The summed E-state index contributed by atoms with van der Waals surface area (Å²) >= 11 is 1.72. The summed E-state index contributed by atoms with van der Waals surface area (Å²) < 4.78 is 0. The van der Waals surface area contributed by atoms with Crippen molar-refractivity contribution in [3.8, 4) is 0 Å². The lowest BCUT2D eigenvalue weighted by Crippen LogP contribution is -2.31. The van der Waals surface area contributed by atoms with E-state index in [0.29, 0.717) is 0 Å². The Morgan fingerprint density at radius 3 is 2.57 bits per heavy atom. The van der Waals surface area contributed by atoms with Gasteiger partial charge in [0.15, 0.2) is 0 Å². The van der Waals surface area contributed by atoms with Crippen LogP contribution in [0.3, 0.4) is 0 Å². The molecule has 1 saturated heterocycles. The molecule has 1 aromatic carbocycles. The SMILES string of the molecule is O=c1[nH]c(CN2CCCN(Cc3ccccc3)CC2)nc2sc3c(c12)CCC3. The highest BCUT2D eigenvalue weighted by Gasteiger charge is 2.22. The molecule has 0 atom stereocenters. The van der Waals surface area contributed by atoms with Gasteiger partial charge in [0, 0.05) is 24.5 Å². The van der Waals surface area contributed by atoms with Gasteiger partial charge >= 0.3 is 0 Å². The van der Waals surface area contributed by atoms with E-state index in [-0.39, 0.29) is 5.56 Å². The van der Waals surface area contributed by atoms with Gasteiger partial charge < -0.3 is 4.98 Å². The summed E-state index contributed by atoms with van der Waals surface area (Å²) in [4.78, 5) is 27.8. The van der Waals surface area contributed by atoms with Gasteiger partial charge in [-0.25, -0.2) is 4.98 Å². The van der Waals surface area contributed by atoms with Gasteiger partial charge in [0.1, 0.15) is 10.7 Å². The molecule has 0 amide bonds. The van der Waals surface area contributed by atoms with Gasteiger partial charge in [0.25, 0.3) is 5.56 Å². The Labute approximate surface area is 169 Å². The van der Waals surface area contributed by atoms with Crippen LogP contribution in [0.4, 0.5) is 0 Å². The van der Waals surface area contributed by atoms with Crippen molar-refractivity contribution in [1.82, 2.24) is 19.8 Å². The van der Waals surface area contributed by atoms with Crippen LogP contribution >= 0.6 is 11.3 Å².